The summed E-state index contributed by atoms with van der Waals surface area (Å²) in [5.74, 6) is 0.394. The lowest BCUT2D eigenvalue weighted by atomic mass is 9.71. The average molecular weight is 248 g/mol. The summed E-state index contributed by atoms with van der Waals surface area (Å²) in [4.78, 5) is 24.5. The van der Waals surface area contributed by atoms with Gasteiger partial charge in [0.25, 0.3) is 0 Å². The Morgan fingerprint density at radius 3 is 2.39 bits per heavy atom. The zero-order valence-corrected chi connectivity index (χ0v) is 12.0. The number of Topliss-reactive ketones (excluding diaryl/α,β-unsaturated/α-hetero) is 2. The molecule has 0 N–H and O–H groups in total. The van der Waals surface area contributed by atoms with Crippen LogP contribution in [0.4, 0.5) is 0 Å². The minimum Gasteiger partial charge on any atom is -0.299 e. The maximum Gasteiger partial charge on any atom is 0.149 e. The molecule has 0 amide bonds. The van der Waals surface area contributed by atoms with Gasteiger partial charge < -0.3 is 0 Å². The Bertz CT molecular complexity index is 415. The lowest BCUT2D eigenvalue weighted by molar-refractivity contribution is -0.138. The van der Waals surface area contributed by atoms with Gasteiger partial charge in [-0.1, -0.05) is 25.0 Å². The lowest BCUT2D eigenvalue weighted by Crippen LogP contribution is -2.37. The number of hydrogen-bond donors (Lipinski definition) is 0. The summed E-state index contributed by atoms with van der Waals surface area (Å²) >= 11 is 0. The van der Waals surface area contributed by atoms with Crippen LogP contribution in [0, 0.1) is 17.3 Å². The minimum absolute atomic E-state index is 0.180. The van der Waals surface area contributed by atoms with E-state index in [1.165, 1.54) is 11.1 Å². The third-order valence-corrected chi connectivity index (χ3v) is 5.22. The van der Waals surface area contributed by atoms with Gasteiger partial charge in [-0.3, -0.25) is 9.59 Å². The highest BCUT2D eigenvalue weighted by molar-refractivity contribution is 6.06. The van der Waals surface area contributed by atoms with Crippen molar-refractivity contribution in [2.75, 3.05) is 0 Å². The highest BCUT2D eigenvalue weighted by Gasteiger charge is 2.49. The van der Waals surface area contributed by atoms with Gasteiger partial charge in [0.15, 0.2) is 0 Å². The molecule has 0 aromatic rings. The molecule has 2 fully saturated rings. The van der Waals surface area contributed by atoms with Crippen LogP contribution in [0.15, 0.2) is 11.1 Å². The summed E-state index contributed by atoms with van der Waals surface area (Å²) in [5, 5.41) is 0. The van der Waals surface area contributed by atoms with Crippen LogP contribution in [-0.4, -0.2) is 11.6 Å². The molecule has 0 aliphatic heterocycles. The average Bonchev–Trinajstić information content (AvgIpc) is 2.84. The number of carbonyl (C=O) groups excluding carboxylic acids is 2. The maximum absolute atomic E-state index is 12.7. The van der Waals surface area contributed by atoms with Crippen molar-refractivity contribution in [3.8, 4) is 0 Å². The fourth-order valence-corrected chi connectivity index (χ4v) is 3.72. The summed E-state index contributed by atoms with van der Waals surface area (Å²) in [7, 11) is 0. The highest BCUT2D eigenvalue weighted by Crippen LogP contribution is 2.50. The molecule has 0 bridgehead atoms. The molecule has 2 heteroatoms. The molecule has 0 spiro atoms. The molecule has 100 valence electrons. The van der Waals surface area contributed by atoms with Gasteiger partial charge in [0.1, 0.15) is 11.6 Å². The zero-order valence-electron chi connectivity index (χ0n) is 12.0. The topological polar surface area (TPSA) is 34.1 Å². The van der Waals surface area contributed by atoms with Crippen LogP contribution < -0.4 is 0 Å². The second-order valence-corrected chi connectivity index (χ2v) is 6.44. The first-order valence-corrected chi connectivity index (χ1v) is 7.11. The summed E-state index contributed by atoms with van der Waals surface area (Å²) < 4.78 is 0. The smallest absolute Gasteiger partial charge is 0.149 e. The van der Waals surface area contributed by atoms with E-state index in [1.54, 1.807) is 0 Å². The zero-order chi connectivity index (χ0) is 13.5. The summed E-state index contributed by atoms with van der Waals surface area (Å²) in [6.07, 6.45) is 4.22. The molecule has 0 aromatic carbocycles. The van der Waals surface area contributed by atoms with Crippen LogP contribution in [0.2, 0.25) is 0 Å². The normalized spacial score (nSPS) is 36.2. The summed E-state index contributed by atoms with van der Waals surface area (Å²) in [6, 6.07) is 0. The van der Waals surface area contributed by atoms with E-state index < -0.39 is 0 Å². The van der Waals surface area contributed by atoms with Gasteiger partial charge in [0.2, 0.25) is 0 Å². The van der Waals surface area contributed by atoms with Crippen molar-refractivity contribution in [3.63, 3.8) is 0 Å². The molecular weight excluding hydrogens is 224 g/mol. The van der Waals surface area contributed by atoms with E-state index in [-0.39, 0.29) is 22.9 Å². The van der Waals surface area contributed by atoms with Gasteiger partial charge in [0, 0.05) is 11.8 Å². The Morgan fingerprint density at radius 2 is 1.94 bits per heavy atom. The standard InChI is InChI=1S/C16H24O2/c1-10(2)12-8-9-16(4,11(12)3)15(18)13-6-5-7-14(13)17/h11,13H,5-9H2,1-4H3. The van der Waals surface area contributed by atoms with Crippen molar-refractivity contribution < 1.29 is 9.59 Å². The van der Waals surface area contributed by atoms with Gasteiger partial charge in [0.05, 0.1) is 5.92 Å². The molecule has 18 heavy (non-hydrogen) atoms. The van der Waals surface area contributed by atoms with Crippen molar-refractivity contribution in [3.05, 3.63) is 11.1 Å². The van der Waals surface area contributed by atoms with Crippen LogP contribution in [-0.2, 0) is 9.59 Å². The SMILES string of the molecule is CC(C)=C1CCC(C)(C(=O)C2CCCC2=O)C1C. The quantitative estimate of drug-likeness (QED) is 0.551. The molecule has 0 heterocycles. The molecule has 3 unspecified atom stereocenters. The summed E-state index contributed by atoms with van der Waals surface area (Å²) in [6.45, 7) is 8.49. The van der Waals surface area contributed by atoms with Gasteiger partial charge in [-0.05, 0) is 45.4 Å². The van der Waals surface area contributed by atoms with Crippen molar-refractivity contribution >= 4 is 11.6 Å². The van der Waals surface area contributed by atoms with Crippen LogP contribution in [0.25, 0.3) is 0 Å². The molecule has 3 atom stereocenters. The molecule has 0 aromatic heterocycles. The second kappa shape index (κ2) is 4.64. The van der Waals surface area contributed by atoms with Crippen LogP contribution in [0.1, 0.15) is 59.8 Å². The molecule has 2 aliphatic rings. The fourth-order valence-electron chi connectivity index (χ4n) is 3.72. The van der Waals surface area contributed by atoms with Crippen LogP contribution >= 0.6 is 0 Å². The van der Waals surface area contributed by atoms with Gasteiger partial charge in [-0.25, -0.2) is 0 Å². The molecule has 0 saturated heterocycles. The molecule has 2 aliphatic carbocycles. The number of carbonyl (C=O) groups is 2. The minimum atomic E-state index is -0.308. The Morgan fingerprint density at radius 1 is 1.28 bits per heavy atom. The monoisotopic (exact) mass is 248 g/mol. The number of rotatable bonds is 2. The predicted octanol–water partition coefficient (Wildman–Crippen LogP) is 3.70. The largest absolute Gasteiger partial charge is 0.299 e. The van der Waals surface area contributed by atoms with Crippen molar-refractivity contribution in [2.24, 2.45) is 17.3 Å². The van der Waals surface area contributed by atoms with E-state index in [2.05, 4.69) is 27.7 Å². The van der Waals surface area contributed by atoms with Gasteiger partial charge >= 0.3 is 0 Å². The highest BCUT2D eigenvalue weighted by atomic mass is 16.2. The first kappa shape index (κ1) is 13.5. The first-order chi connectivity index (χ1) is 8.38. The van der Waals surface area contributed by atoms with Crippen molar-refractivity contribution in [1.82, 2.24) is 0 Å². The number of hydrogen-bond acceptors (Lipinski definition) is 2. The number of allylic oxidation sites excluding steroid dienone is 2. The van der Waals surface area contributed by atoms with Crippen molar-refractivity contribution in [2.45, 2.75) is 59.8 Å². The predicted molar refractivity (Wildman–Crippen MR) is 72.2 cm³/mol. The Hall–Kier alpha value is -0.920. The summed E-state index contributed by atoms with van der Waals surface area (Å²) in [5.41, 5.74) is 2.46. The molecule has 2 rings (SSSR count). The van der Waals surface area contributed by atoms with Crippen LogP contribution in [0.5, 0.6) is 0 Å². The molecular formula is C16H24O2. The van der Waals surface area contributed by atoms with Gasteiger partial charge in [-0.2, -0.15) is 0 Å². The Labute approximate surface area is 110 Å². The molecule has 2 saturated carbocycles. The third-order valence-electron chi connectivity index (χ3n) is 5.22. The Balaban J connectivity index is 2.25. The molecule has 2 nitrogen and oxygen atoms in total. The van der Waals surface area contributed by atoms with E-state index >= 15 is 0 Å². The van der Waals surface area contributed by atoms with E-state index in [0.29, 0.717) is 12.3 Å². The Kier molecular flexibility index (Phi) is 3.48. The first-order valence-electron chi connectivity index (χ1n) is 7.11. The second-order valence-electron chi connectivity index (χ2n) is 6.44. The van der Waals surface area contributed by atoms with Crippen LogP contribution in [0.3, 0.4) is 0 Å². The van der Waals surface area contributed by atoms with Gasteiger partial charge in [-0.15, -0.1) is 0 Å². The number of ketones is 2. The third kappa shape index (κ3) is 1.96. The maximum atomic E-state index is 12.7. The van der Waals surface area contributed by atoms with E-state index in [4.69, 9.17) is 0 Å². The molecule has 0 radical (unpaired) electrons. The fraction of sp³-hybridized carbons (Fsp3) is 0.750. The van der Waals surface area contributed by atoms with Crippen molar-refractivity contribution in [1.29, 1.82) is 0 Å². The lowest BCUT2D eigenvalue weighted by Gasteiger charge is -2.30. The van der Waals surface area contributed by atoms with E-state index in [1.807, 2.05) is 0 Å². The van der Waals surface area contributed by atoms with E-state index in [0.717, 1.165) is 25.7 Å². The van der Waals surface area contributed by atoms with E-state index in [9.17, 15) is 9.59 Å².